The molecule has 19 heavy (non-hydrogen) atoms. The number of nitrogens with zero attached hydrogens (tertiary/aromatic N) is 2. The summed E-state index contributed by atoms with van der Waals surface area (Å²) in [4.78, 5) is 21.6. The predicted molar refractivity (Wildman–Crippen MR) is 69.4 cm³/mol. The first kappa shape index (κ1) is 13.2. The molecule has 0 saturated carbocycles. The van der Waals surface area contributed by atoms with Gasteiger partial charge in [0.15, 0.2) is 4.90 Å². The maximum Gasteiger partial charge on any atom is 0.269 e. The number of anilines is 1. The highest BCUT2D eigenvalue weighted by molar-refractivity contribution is 7.92. The second kappa shape index (κ2) is 4.81. The van der Waals surface area contributed by atoms with E-state index in [2.05, 4.69) is 19.7 Å². The van der Waals surface area contributed by atoms with E-state index >= 15 is 0 Å². The van der Waals surface area contributed by atoms with E-state index in [1.54, 1.807) is 19.9 Å². The Hall–Kier alpha value is -2.22. The summed E-state index contributed by atoms with van der Waals surface area (Å²) in [5.41, 5.74) is 0.662. The number of pyridine rings is 1. The molecule has 8 heteroatoms. The molecule has 0 spiro atoms. The quantitative estimate of drug-likeness (QED) is 0.855. The normalized spacial score (nSPS) is 11.3. The van der Waals surface area contributed by atoms with Gasteiger partial charge in [-0.3, -0.25) is 4.79 Å². The summed E-state index contributed by atoms with van der Waals surface area (Å²) < 4.78 is 26.3. The average molecular weight is 280 g/mol. The van der Waals surface area contributed by atoms with Gasteiger partial charge in [0.05, 0.1) is 0 Å². The highest BCUT2D eigenvalue weighted by Crippen LogP contribution is 2.09. The average Bonchev–Trinajstić information content (AvgIpc) is 2.26. The molecule has 0 saturated heterocycles. The zero-order valence-electron chi connectivity index (χ0n) is 10.3. The van der Waals surface area contributed by atoms with Crippen LogP contribution in [0.3, 0.4) is 0 Å². The molecular formula is C11H12N4O3S. The summed E-state index contributed by atoms with van der Waals surface area (Å²) in [6, 6.07) is 2.85. The Morgan fingerprint density at radius 2 is 1.84 bits per heavy atom. The molecule has 2 rings (SSSR count). The summed E-state index contributed by atoms with van der Waals surface area (Å²) >= 11 is 0. The predicted octanol–water partition coefficient (Wildman–Crippen LogP) is 0.583. The van der Waals surface area contributed by atoms with E-state index in [0.717, 1.165) is 12.3 Å². The Morgan fingerprint density at radius 3 is 2.42 bits per heavy atom. The number of aromatic nitrogens is 3. The Bertz CT molecular complexity index is 747. The highest BCUT2D eigenvalue weighted by Gasteiger charge is 2.19. The molecule has 2 N–H and O–H groups in total. The van der Waals surface area contributed by atoms with Crippen LogP contribution in [0.1, 0.15) is 11.4 Å². The van der Waals surface area contributed by atoms with Crippen molar-refractivity contribution in [3.63, 3.8) is 0 Å². The zero-order chi connectivity index (χ0) is 14.0. The van der Waals surface area contributed by atoms with Crippen molar-refractivity contribution in [2.45, 2.75) is 18.7 Å². The molecule has 0 unspecified atom stereocenters. The molecular weight excluding hydrogens is 268 g/mol. The zero-order valence-corrected chi connectivity index (χ0v) is 11.2. The standard InChI is InChI=1S/C11H12N4O3S/c1-7-5-8(2)14-11(13-7)15-19(17,18)10-6-12-4-3-9(10)16/h3-6H,1-2H3,(H,12,16)(H,13,14,15). The molecule has 100 valence electrons. The number of hydrogen-bond acceptors (Lipinski definition) is 5. The molecule has 0 aromatic carbocycles. The van der Waals surface area contributed by atoms with Crippen LogP contribution in [0.2, 0.25) is 0 Å². The molecule has 2 aromatic rings. The number of nitrogens with one attached hydrogen (secondary N) is 2. The number of hydrogen-bond donors (Lipinski definition) is 2. The number of aryl methyl sites for hydroxylation is 2. The van der Waals surface area contributed by atoms with E-state index < -0.39 is 15.5 Å². The Kier molecular flexibility index (Phi) is 3.34. The molecule has 7 nitrogen and oxygen atoms in total. The number of aromatic amines is 1. The van der Waals surface area contributed by atoms with E-state index in [9.17, 15) is 13.2 Å². The Morgan fingerprint density at radius 1 is 1.21 bits per heavy atom. The van der Waals surface area contributed by atoms with Gasteiger partial charge in [0.25, 0.3) is 10.0 Å². The van der Waals surface area contributed by atoms with Crippen LogP contribution in [0.25, 0.3) is 0 Å². The molecule has 0 amide bonds. The largest absolute Gasteiger partial charge is 0.366 e. The minimum absolute atomic E-state index is 0.0549. The third-order valence-corrected chi connectivity index (χ3v) is 3.64. The molecule has 0 fully saturated rings. The maximum atomic E-state index is 12.0. The lowest BCUT2D eigenvalue weighted by Crippen LogP contribution is -2.22. The van der Waals surface area contributed by atoms with Gasteiger partial charge in [-0.2, -0.15) is 0 Å². The topological polar surface area (TPSA) is 105 Å². The van der Waals surface area contributed by atoms with Gasteiger partial charge >= 0.3 is 0 Å². The van der Waals surface area contributed by atoms with E-state index in [1.165, 1.54) is 6.20 Å². The van der Waals surface area contributed by atoms with Gasteiger partial charge in [-0.15, -0.1) is 0 Å². The van der Waals surface area contributed by atoms with Crippen LogP contribution in [0.4, 0.5) is 5.95 Å². The third kappa shape index (κ3) is 2.97. The number of rotatable bonds is 3. The van der Waals surface area contributed by atoms with Crippen molar-refractivity contribution in [3.8, 4) is 0 Å². The van der Waals surface area contributed by atoms with Gasteiger partial charge in [0.1, 0.15) is 0 Å². The maximum absolute atomic E-state index is 12.0. The lowest BCUT2D eigenvalue weighted by molar-refractivity contribution is 0.599. The molecule has 0 atom stereocenters. The fraction of sp³-hybridized carbons (Fsp3) is 0.182. The van der Waals surface area contributed by atoms with E-state index in [0.29, 0.717) is 11.4 Å². The highest BCUT2D eigenvalue weighted by atomic mass is 32.2. The Labute approximate surface area is 109 Å². The van der Waals surface area contributed by atoms with Gasteiger partial charge in [-0.05, 0) is 19.9 Å². The molecule has 0 aliphatic heterocycles. The summed E-state index contributed by atoms with van der Waals surface area (Å²) in [6.07, 6.45) is 2.47. The smallest absolute Gasteiger partial charge is 0.269 e. The van der Waals surface area contributed by atoms with Crippen LogP contribution >= 0.6 is 0 Å². The van der Waals surface area contributed by atoms with E-state index in [4.69, 9.17) is 0 Å². The van der Waals surface area contributed by atoms with Crippen molar-refractivity contribution in [3.05, 3.63) is 46.1 Å². The van der Waals surface area contributed by atoms with Crippen molar-refractivity contribution < 1.29 is 8.42 Å². The van der Waals surface area contributed by atoms with Crippen molar-refractivity contribution in [2.24, 2.45) is 0 Å². The number of sulfonamides is 1. The summed E-state index contributed by atoms with van der Waals surface area (Å²) in [6.45, 7) is 3.45. The molecule has 0 aliphatic carbocycles. The first-order valence-electron chi connectivity index (χ1n) is 5.41. The molecule has 2 aromatic heterocycles. The monoisotopic (exact) mass is 280 g/mol. The SMILES string of the molecule is Cc1cc(C)nc(NS(=O)(=O)c2c[nH]ccc2=O)n1. The molecule has 0 radical (unpaired) electrons. The van der Waals surface area contributed by atoms with Crippen molar-refractivity contribution >= 4 is 16.0 Å². The summed E-state index contributed by atoms with van der Waals surface area (Å²) in [5.74, 6) is -0.0549. The second-order valence-electron chi connectivity index (χ2n) is 3.95. The third-order valence-electron chi connectivity index (χ3n) is 2.29. The lowest BCUT2D eigenvalue weighted by atomic mass is 10.4. The molecule has 0 bridgehead atoms. The van der Waals surface area contributed by atoms with Crippen LogP contribution in [0.5, 0.6) is 0 Å². The fourth-order valence-electron chi connectivity index (χ4n) is 1.56. The summed E-state index contributed by atoms with van der Waals surface area (Å²) in [7, 11) is -4.00. The van der Waals surface area contributed by atoms with Crippen LogP contribution in [-0.4, -0.2) is 23.4 Å². The second-order valence-corrected chi connectivity index (χ2v) is 5.60. The van der Waals surface area contributed by atoms with Crippen LogP contribution in [0.15, 0.2) is 34.2 Å². The summed E-state index contributed by atoms with van der Waals surface area (Å²) in [5, 5.41) is 0. The van der Waals surface area contributed by atoms with Gasteiger partial charge < -0.3 is 4.98 Å². The minimum Gasteiger partial charge on any atom is -0.366 e. The van der Waals surface area contributed by atoms with Crippen LogP contribution in [0, 0.1) is 13.8 Å². The molecule has 0 aliphatic rings. The lowest BCUT2D eigenvalue weighted by Gasteiger charge is -2.07. The van der Waals surface area contributed by atoms with Gasteiger partial charge in [0, 0.05) is 29.8 Å². The van der Waals surface area contributed by atoms with Crippen molar-refractivity contribution in [1.29, 1.82) is 0 Å². The van der Waals surface area contributed by atoms with Gasteiger partial charge in [-0.1, -0.05) is 0 Å². The van der Waals surface area contributed by atoms with Crippen molar-refractivity contribution in [2.75, 3.05) is 4.72 Å². The van der Waals surface area contributed by atoms with Crippen LogP contribution < -0.4 is 10.2 Å². The van der Waals surface area contributed by atoms with E-state index in [-0.39, 0.29) is 10.8 Å². The fourth-order valence-corrected chi connectivity index (χ4v) is 2.56. The first-order chi connectivity index (χ1) is 8.88. The Balaban J connectivity index is 2.42. The van der Waals surface area contributed by atoms with Gasteiger partial charge in [0.2, 0.25) is 11.4 Å². The van der Waals surface area contributed by atoms with Crippen molar-refractivity contribution in [1.82, 2.24) is 15.0 Å². The first-order valence-corrected chi connectivity index (χ1v) is 6.89. The minimum atomic E-state index is -4.00. The molecule has 2 heterocycles. The van der Waals surface area contributed by atoms with Gasteiger partial charge in [-0.25, -0.2) is 23.1 Å². The number of H-pyrrole nitrogens is 1. The van der Waals surface area contributed by atoms with E-state index in [1.807, 2.05) is 0 Å². The van der Waals surface area contributed by atoms with Crippen LogP contribution in [-0.2, 0) is 10.0 Å².